The van der Waals surface area contributed by atoms with Gasteiger partial charge in [-0.1, -0.05) is 39.0 Å². The highest BCUT2D eigenvalue weighted by Crippen LogP contribution is 2.33. The van der Waals surface area contributed by atoms with Crippen LogP contribution in [0, 0.1) is 11.5 Å². The van der Waals surface area contributed by atoms with E-state index in [2.05, 4.69) is 42.2 Å². The molecule has 3 aromatic rings. The number of hydrogen-bond acceptors (Lipinski definition) is 6. The van der Waals surface area contributed by atoms with Crippen molar-refractivity contribution < 1.29 is 9.59 Å². The first-order valence-corrected chi connectivity index (χ1v) is 12.5. The standard InChI is InChI=1S/C29H32N6O2/c1-29(2,3)23-8-10-24(11-9-23)35(28(37)25-7-5-17-34(25)20-30)26(22-6-4-14-32-19-22)27(36)33-18-21-12-15-31-16-13-21/h4,6,8-16,19,25-26H,5,7,17-18H2,1-3H3,(H,33,36)/t25-,26?/m1/s1. The van der Waals surface area contributed by atoms with Crippen LogP contribution in [-0.4, -0.2) is 39.3 Å². The fourth-order valence-corrected chi connectivity index (χ4v) is 4.57. The number of nitriles is 1. The molecule has 0 bridgehead atoms. The third kappa shape index (κ3) is 5.95. The maximum absolute atomic E-state index is 14.1. The lowest BCUT2D eigenvalue weighted by Gasteiger charge is -2.34. The Morgan fingerprint density at radius 2 is 1.84 bits per heavy atom. The van der Waals surface area contributed by atoms with Crippen LogP contribution in [0.4, 0.5) is 5.69 Å². The summed E-state index contributed by atoms with van der Waals surface area (Å²) >= 11 is 0. The average Bonchev–Trinajstić information content (AvgIpc) is 3.40. The van der Waals surface area contributed by atoms with Gasteiger partial charge in [-0.05, 0) is 59.7 Å². The molecule has 1 aliphatic heterocycles. The third-order valence-electron chi connectivity index (χ3n) is 6.64. The molecule has 0 spiro atoms. The van der Waals surface area contributed by atoms with Gasteiger partial charge in [0.15, 0.2) is 6.19 Å². The van der Waals surface area contributed by atoms with Gasteiger partial charge in [0.1, 0.15) is 12.1 Å². The van der Waals surface area contributed by atoms with Crippen molar-refractivity contribution in [3.63, 3.8) is 0 Å². The number of benzene rings is 1. The highest BCUT2D eigenvalue weighted by molar-refractivity contribution is 6.04. The zero-order valence-corrected chi connectivity index (χ0v) is 21.5. The van der Waals surface area contributed by atoms with Crippen LogP contribution in [-0.2, 0) is 21.5 Å². The molecule has 1 unspecified atom stereocenters. The smallest absolute Gasteiger partial charge is 0.251 e. The van der Waals surface area contributed by atoms with Crippen molar-refractivity contribution in [2.75, 3.05) is 11.4 Å². The molecule has 3 heterocycles. The highest BCUT2D eigenvalue weighted by atomic mass is 16.2. The Morgan fingerprint density at radius 3 is 2.46 bits per heavy atom. The minimum absolute atomic E-state index is 0.0684. The second-order valence-electron chi connectivity index (χ2n) is 10.2. The Balaban J connectivity index is 1.76. The fourth-order valence-electron chi connectivity index (χ4n) is 4.57. The molecule has 2 aromatic heterocycles. The summed E-state index contributed by atoms with van der Waals surface area (Å²) in [5.74, 6) is -0.616. The van der Waals surface area contributed by atoms with E-state index in [1.54, 1.807) is 36.9 Å². The molecule has 190 valence electrons. The van der Waals surface area contributed by atoms with E-state index >= 15 is 0 Å². The summed E-state index contributed by atoms with van der Waals surface area (Å²) in [7, 11) is 0. The van der Waals surface area contributed by atoms with E-state index in [9.17, 15) is 14.9 Å². The summed E-state index contributed by atoms with van der Waals surface area (Å²) in [5, 5.41) is 12.6. The molecule has 0 aliphatic carbocycles. The van der Waals surface area contributed by atoms with E-state index in [0.29, 0.717) is 24.2 Å². The molecule has 2 atom stereocenters. The number of rotatable bonds is 7. The molecule has 1 saturated heterocycles. The van der Waals surface area contributed by atoms with Crippen molar-refractivity contribution in [1.29, 1.82) is 5.26 Å². The van der Waals surface area contributed by atoms with Gasteiger partial charge in [-0.2, -0.15) is 5.26 Å². The van der Waals surface area contributed by atoms with Gasteiger partial charge in [-0.15, -0.1) is 0 Å². The van der Waals surface area contributed by atoms with E-state index in [-0.39, 0.29) is 23.8 Å². The first kappa shape index (κ1) is 25.8. The van der Waals surface area contributed by atoms with Crippen LogP contribution in [0.5, 0.6) is 0 Å². The van der Waals surface area contributed by atoms with Crippen LogP contribution in [0.2, 0.25) is 0 Å². The van der Waals surface area contributed by atoms with E-state index in [1.165, 1.54) is 9.80 Å². The largest absolute Gasteiger partial charge is 0.350 e. The van der Waals surface area contributed by atoms with Gasteiger partial charge in [-0.25, -0.2) is 0 Å². The maximum atomic E-state index is 14.1. The van der Waals surface area contributed by atoms with Gasteiger partial charge in [0.05, 0.1) is 0 Å². The van der Waals surface area contributed by atoms with Crippen LogP contribution in [0.1, 0.15) is 56.3 Å². The van der Waals surface area contributed by atoms with Crippen LogP contribution < -0.4 is 10.2 Å². The molecule has 8 nitrogen and oxygen atoms in total. The molecule has 1 aliphatic rings. The molecule has 1 aromatic carbocycles. The number of pyridine rings is 2. The highest BCUT2D eigenvalue weighted by Gasteiger charge is 2.40. The van der Waals surface area contributed by atoms with Crippen molar-refractivity contribution in [3.8, 4) is 6.19 Å². The lowest BCUT2D eigenvalue weighted by atomic mass is 9.87. The second kappa shape index (κ2) is 11.2. The van der Waals surface area contributed by atoms with E-state index in [0.717, 1.165) is 17.5 Å². The maximum Gasteiger partial charge on any atom is 0.251 e. The minimum atomic E-state index is -0.968. The predicted octanol–water partition coefficient (Wildman–Crippen LogP) is 4.11. The van der Waals surface area contributed by atoms with Crippen LogP contribution >= 0.6 is 0 Å². The summed E-state index contributed by atoms with van der Waals surface area (Å²) < 4.78 is 0. The Morgan fingerprint density at radius 1 is 1.11 bits per heavy atom. The van der Waals surface area contributed by atoms with Gasteiger partial charge < -0.3 is 5.32 Å². The van der Waals surface area contributed by atoms with Gasteiger partial charge in [0.25, 0.3) is 5.91 Å². The average molecular weight is 497 g/mol. The second-order valence-corrected chi connectivity index (χ2v) is 10.2. The lowest BCUT2D eigenvalue weighted by Crippen LogP contribution is -2.50. The molecule has 1 fully saturated rings. The summed E-state index contributed by atoms with van der Waals surface area (Å²) in [5.41, 5.74) is 3.12. The summed E-state index contributed by atoms with van der Waals surface area (Å²) in [4.78, 5) is 39.2. The summed E-state index contributed by atoms with van der Waals surface area (Å²) in [6.45, 7) is 7.18. The Labute approximate surface area is 218 Å². The molecule has 37 heavy (non-hydrogen) atoms. The molecule has 1 N–H and O–H groups in total. The monoisotopic (exact) mass is 496 g/mol. The zero-order valence-electron chi connectivity index (χ0n) is 21.5. The Hall–Kier alpha value is -4.25. The van der Waals surface area contributed by atoms with Crippen molar-refractivity contribution in [3.05, 3.63) is 90.0 Å². The number of carbonyl (C=O) groups excluding carboxylic acids is 2. The van der Waals surface area contributed by atoms with Crippen LogP contribution in [0.3, 0.4) is 0 Å². The van der Waals surface area contributed by atoms with Gasteiger partial charge in [-0.3, -0.25) is 29.4 Å². The topological polar surface area (TPSA) is 102 Å². The normalized spacial score (nSPS) is 16.1. The number of anilines is 1. The van der Waals surface area contributed by atoms with Crippen LogP contribution in [0.25, 0.3) is 0 Å². The molecule has 0 radical (unpaired) electrons. The van der Waals surface area contributed by atoms with E-state index < -0.39 is 12.1 Å². The molecule has 4 rings (SSSR count). The minimum Gasteiger partial charge on any atom is -0.350 e. The fraction of sp³-hybridized carbons (Fsp3) is 0.345. The SMILES string of the molecule is CC(C)(C)c1ccc(N(C(=O)[C@H]2CCCN2C#N)C(C(=O)NCc2ccncc2)c2cccnc2)cc1. The van der Waals surface area contributed by atoms with Crippen molar-refractivity contribution >= 4 is 17.5 Å². The predicted molar refractivity (Wildman–Crippen MR) is 141 cm³/mol. The summed E-state index contributed by atoms with van der Waals surface area (Å²) in [6.07, 6.45) is 10.0. The Bertz CT molecular complexity index is 1250. The summed E-state index contributed by atoms with van der Waals surface area (Å²) in [6, 6.07) is 13.3. The quantitative estimate of drug-likeness (QED) is 0.494. The van der Waals surface area contributed by atoms with Crippen LogP contribution in [0.15, 0.2) is 73.3 Å². The van der Waals surface area contributed by atoms with Crippen molar-refractivity contribution in [1.82, 2.24) is 20.2 Å². The number of amides is 2. The molecule has 2 amide bonds. The first-order chi connectivity index (χ1) is 17.8. The van der Waals surface area contributed by atoms with Gasteiger partial charge >= 0.3 is 0 Å². The lowest BCUT2D eigenvalue weighted by molar-refractivity contribution is -0.128. The zero-order chi connectivity index (χ0) is 26.4. The number of likely N-dealkylation sites (tertiary alicyclic amines) is 1. The first-order valence-electron chi connectivity index (χ1n) is 12.5. The number of carbonyl (C=O) groups is 2. The molecular weight excluding hydrogens is 464 g/mol. The molecule has 8 heteroatoms. The van der Waals surface area contributed by atoms with Crippen molar-refractivity contribution in [2.24, 2.45) is 0 Å². The third-order valence-corrected chi connectivity index (χ3v) is 6.64. The van der Waals surface area contributed by atoms with Gasteiger partial charge in [0.2, 0.25) is 5.91 Å². The Kier molecular flexibility index (Phi) is 7.83. The number of aromatic nitrogens is 2. The number of nitrogens with zero attached hydrogens (tertiary/aromatic N) is 5. The van der Waals surface area contributed by atoms with Gasteiger partial charge in [0, 0.05) is 49.1 Å². The van der Waals surface area contributed by atoms with Crippen molar-refractivity contribution in [2.45, 2.75) is 57.7 Å². The molecule has 0 saturated carbocycles. The van der Waals surface area contributed by atoms with E-state index in [1.807, 2.05) is 36.4 Å². The van der Waals surface area contributed by atoms with E-state index in [4.69, 9.17) is 0 Å². The number of nitrogens with one attached hydrogen (secondary N) is 1. The number of hydrogen-bond donors (Lipinski definition) is 1. The molecular formula is C29H32N6O2.